The molecule has 9 heteroatoms. The van der Waals surface area contributed by atoms with Gasteiger partial charge in [0.15, 0.2) is 0 Å². The van der Waals surface area contributed by atoms with Crippen LogP contribution in [0.4, 0.5) is 5.69 Å². The van der Waals surface area contributed by atoms with Crippen molar-refractivity contribution in [3.05, 3.63) is 58.6 Å². The summed E-state index contributed by atoms with van der Waals surface area (Å²) < 4.78 is 28.5. The van der Waals surface area contributed by atoms with E-state index in [1.165, 1.54) is 0 Å². The SMILES string of the molecule is Cc1ccc(S(=O)(=O)N(CC(=O)NN=C2CCN(C)CC2)c2ccc(Br)cc2)cc1. The van der Waals surface area contributed by atoms with E-state index < -0.39 is 15.9 Å². The lowest BCUT2D eigenvalue weighted by Gasteiger charge is -2.24. The molecular formula is C21H25BrN4O3S. The number of hydrogen-bond donors (Lipinski definition) is 1. The minimum Gasteiger partial charge on any atom is -0.306 e. The molecule has 0 bridgehead atoms. The first kappa shape index (κ1) is 22.5. The molecule has 0 aliphatic carbocycles. The number of nitrogens with zero attached hydrogens (tertiary/aromatic N) is 3. The van der Waals surface area contributed by atoms with Crippen molar-refractivity contribution in [1.29, 1.82) is 0 Å². The van der Waals surface area contributed by atoms with Crippen LogP contribution < -0.4 is 9.73 Å². The summed E-state index contributed by atoms with van der Waals surface area (Å²) in [5.41, 5.74) is 4.80. The topological polar surface area (TPSA) is 82.1 Å². The summed E-state index contributed by atoms with van der Waals surface area (Å²) in [7, 11) is -1.88. The first-order valence-corrected chi connectivity index (χ1v) is 11.9. The second-order valence-corrected chi connectivity index (χ2v) is 10.1. The Hall–Kier alpha value is -2.23. The second-order valence-electron chi connectivity index (χ2n) is 7.32. The number of rotatable bonds is 6. The van der Waals surface area contributed by atoms with Crippen LogP contribution in [-0.4, -0.2) is 51.6 Å². The van der Waals surface area contributed by atoms with Gasteiger partial charge in [-0.15, -0.1) is 0 Å². The Kier molecular flexibility index (Phi) is 7.27. The molecule has 1 aliphatic heterocycles. The number of sulfonamides is 1. The van der Waals surface area contributed by atoms with Gasteiger partial charge in [0.1, 0.15) is 6.54 Å². The van der Waals surface area contributed by atoms with Crippen LogP contribution in [0.2, 0.25) is 0 Å². The molecule has 2 aromatic rings. The monoisotopic (exact) mass is 492 g/mol. The first-order chi connectivity index (χ1) is 14.3. The number of piperidine rings is 1. The summed E-state index contributed by atoms with van der Waals surface area (Å²) in [6.45, 7) is 3.30. The van der Waals surface area contributed by atoms with E-state index in [1.807, 2.05) is 14.0 Å². The maximum absolute atomic E-state index is 13.3. The highest BCUT2D eigenvalue weighted by Gasteiger charge is 2.27. The summed E-state index contributed by atoms with van der Waals surface area (Å²) in [5, 5.41) is 4.21. The van der Waals surface area contributed by atoms with Crippen LogP contribution in [0, 0.1) is 6.92 Å². The number of amides is 1. The molecule has 0 radical (unpaired) electrons. The Labute approximate surface area is 185 Å². The highest BCUT2D eigenvalue weighted by atomic mass is 79.9. The summed E-state index contributed by atoms with van der Waals surface area (Å²) in [4.78, 5) is 14.9. The molecule has 2 aromatic carbocycles. The Balaban J connectivity index is 1.83. The van der Waals surface area contributed by atoms with Crippen LogP contribution in [0.25, 0.3) is 0 Å². The van der Waals surface area contributed by atoms with Crippen molar-refractivity contribution in [3.8, 4) is 0 Å². The molecule has 30 heavy (non-hydrogen) atoms. The molecule has 1 saturated heterocycles. The normalized spacial score (nSPS) is 15.0. The van der Waals surface area contributed by atoms with E-state index >= 15 is 0 Å². The molecule has 3 rings (SSSR count). The summed E-state index contributed by atoms with van der Waals surface area (Å²) in [6.07, 6.45) is 1.57. The molecule has 1 N–H and O–H groups in total. The van der Waals surface area contributed by atoms with Gasteiger partial charge in [0.05, 0.1) is 10.6 Å². The van der Waals surface area contributed by atoms with E-state index in [-0.39, 0.29) is 11.4 Å². The van der Waals surface area contributed by atoms with E-state index in [1.54, 1.807) is 48.5 Å². The zero-order valence-corrected chi connectivity index (χ0v) is 19.4. The number of halogens is 1. The van der Waals surface area contributed by atoms with Gasteiger partial charge in [-0.2, -0.15) is 5.10 Å². The zero-order chi connectivity index (χ0) is 21.7. The lowest BCUT2D eigenvalue weighted by Crippen LogP contribution is -2.40. The van der Waals surface area contributed by atoms with E-state index in [4.69, 9.17) is 0 Å². The Bertz CT molecular complexity index is 1010. The largest absolute Gasteiger partial charge is 0.306 e. The maximum atomic E-state index is 13.3. The highest BCUT2D eigenvalue weighted by molar-refractivity contribution is 9.10. The zero-order valence-electron chi connectivity index (χ0n) is 17.0. The van der Waals surface area contributed by atoms with E-state index in [0.29, 0.717) is 5.69 Å². The molecule has 0 unspecified atom stereocenters. The number of benzene rings is 2. The number of anilines is 1. The fourth-order valence-corrected chi connectivity index (χ4v) is 4.74. The number of carbonyl (C=O) groups excluding carboxylic acids is 1. The molecule has 1 heterocycles. The fraction of sp³-hybridized carbons (Fsp3) is 0.333. The maximum Gasteiger partial charge on any atom is 0.264 e. The van der Waals surface area contributed by atoms with Gasteiger partial charge in [-0.3, -0.25) is 9.10 Å². The van der Waals surface area contributed by atoms with Crippen molar-refractivity contribution in [3.63, 3.8) is 0 Å². The van der Waals surface area contributed by atoms with Crippen molar-refractivity contribution in [2.24, 2.45) is 5.10 Å². The molecule has 0 spiro atoms. The first-order valence-electron chi connectivity index (χ1n) is 9.63. The molecule has 0 aromatic heterocycles. The third kappa shape index (κ3) is 5.68. The van der Waals surface area contributed by atoms with Gasteiger partial charge in [0.25, 0.3) is 15.9 Å². The summed E-state index contributed by atoms with van der Waals surface area (Å²) in [6, 6.07) is 13.4. The van der Waals surface area contributed by atoms with Crippen molar-refractivity contribution < 1.29 is 13.2 Å². The Morgan fingerprint density at radius 1 is 1.10 bits per heavy atom. The van der Waals surface area contributed by atoms with Crippen LogP contribution in [0.1, 0.15) is 18.4 Å². The third-order valence-electron chi connectivity index (χ3n) is 4.91. The number of hydrogen-bond acceptors (Lipinski definition) is 5. The van der Waals surface area contributed by atoms with Gasteiger partial charge in [-0.1, -0.05) is 33.6 Å². The van der Waals surface area contributed by atoms with Gasteiger partial charge in [-0.05, 0) is 50.4 Å². The third-order valence-corrected chi connectivity index (χ3v) is 7.23. The van der Waals surface area contributed by atoms with Crippen molar-refractivity contribution >= 4 is 43.3 Å². The molecule has 1 amide bonds. The highest BCUT2D eigenvalue weighted by Crippen LogP contribution is 2.25. The smallest absolute Gasteiger partial charge is 0.264 e. The average molecular weight is 493 g/mol. The Morgan fingerprint density at radius 2 is 1.70 bits per heavy atom. The van der Waals surface area contributed by atoms with Crippen LogP contribution in [-0.2, 0) is 14.8 Å². The molecule has 0 atom stereocenters. The number of aryl methyl sites for hydroxylation is 1. The van der Waals surface area contributed by atoms with Gasteiger partial charge in [-0.25, -0.2) is 13.8 Å². The molecule has 0 saturated carbocycles. The predicted octanol–water partition coefficient (Wildman–Crippen LogP) is 3.15. The minimum absolute atomic E-state index is 0.130. The predicted molar refractivity (Wildman–Crippen MR) is 122 cm³/mol. The number of likely N-dealkylation sites (tertiary alicyclic amines) is 1. The van der Waals surface area contributed by atoms with Gasteiger partial charge < -0.3 is 4.90 Å². The minimum atomic E-state index is -3.93. The quantitative estimate of drug-likeness (QED) is 0.627. The molecule has 160 valence electrons. The molecule has 7 nitrogen and oxygen atoms in total. The van der Waals surface area contributed by atoms with Crippen molar-refractivity contribution in [1.82, 2.24) is 10.3 Å². The second kappa shape index (κ2) is 9.72. The number of hydrazone groups is 1. The standard InChI is InChI=1S/C21H25BrN4O3S/c1-16-3-9-20(10-4-16)30(28,29)26(19-7-5-17(22)6-8-19)15-21(27)24-23-18-11-13-25(2)14-12-18/h3-10H,11-15H2,1-2H3,(H,24,27). The molecular weight excluding hydrogens is 468 g/mol. The van der Waals surface area contributed by atoms with Crippen LogP contribution in [0.3, 0.4) is 0 Å². The number of carbonyl (C=O) groups is 1. The Morgan fingerprint density at radius 3 is 2.30 bits per heavy atom. The van der Waals surface area contributed by atoms with Crippen molar-refractivity contribution in [2.75, 3.05) is 31.0 Å². The van der Waals surface area contributed by atoms with E-state index in [0.717, 1.165) is 46.0 Å². The van der Waals surface area contributed by atoms with Crippen LogP contribution in [0.5, 0.6) is 0 Å². The lowest BCUT2D eigenvalue weighted by molar-refractivity contribution is -0.119. The van der Waals surface area contributed by atoms with Gasteiger partial charge in [0, 0.05) is 36.1 Å². The van der Waals surface area contributed by atoms with Crippen LogP contribution in [0.15, 0.2) is 63.0 Å². The van der Waals surface area contributed by atoms with Gasteiger partial charge >= 0.3 is 0 Å². The summed E-state index contributed by atoms with van der Waals surface area (Å²) in [5.74, 6) is -0.486. The molecule has 1 fully saturated rings. The number of nitrogens with one attached hydrogen (secondary N) is 1. The van der Waals surface area contributed by atoms with Crippen LogP contribution >= 0.6 is 15.9 Å². The van der Waals surface area contributed by atoms with E-state index in [2.05, 4.69) is 31.4 Å². The fourth-order valence-electron chi connectivity index (χ4n) is 3.06. The van der Waals surface area contributed by atoms with Gasteiger partial charge in [0.2, 0.25) is 0 Å². The van der Waals surface area contributed by atoms with E-state index in [9.17, 15) is 13.2 Å². The summed E-state index contributed by atoms with van der Waals surface area (Å²) >= 11 is 3.35. The molecule has 1 aliphatic rings. The van der Waals surface area contributed by atoms with Crippen molar-refractivity contribution in [2.45, 2.75) is 24.7 Å². The lowest BCUT2D eigenvalue weighted by atomic mass is 10.1. The average Bonchev–Trinajstić information content (AvgIpc) is 2.72.